The van der Waals surface area contributed by atoms with E-state index in [9.17, 15) is 0 Å². The third-order valence-electron chi connectivity index (χ3n) is 0. The first-order valence-electron chi connectivity index (χ1n) is 0.612. The van der Waals surface area contributed by atoms with Crippen molar-refractivity contribution in [1.82, 2.24) is 0 Å². The van der Waals surface area contributed by atoms with Crippen LogP contribution in [0.5, 0.6) is 0 Å². The fourth-order valence-electron chi connectivity index (χ4n) is 0. The Balaban J connectivity index is -0.0000000450. The zero-order valence-corrected chi connectivity index (χ0v) is 5.86. The van der Waals surface area contributed by atoms with Crippen LogP contribution in [-0.2, 0) is 0 Å². The van der Waals surface area contributed by atoms with Gasteiger partial charge in [0.15, 0.2) is 0 Å². The molecule has 0 saturated carbocycles. The van der Waals surface area contributed by atoms with Gasteiger partial charge in [-0.25, -0.2) is 0 Å². The van der Waals surface area contributed by atoms with Crippen LogP contribution in [0.25, 0.3) is 0 Å². The minimum Gasteiger partial charge on any atom is -1.00 e. The van der Waals surface area contributed by atoms with Gasteiger partial charge in [0, 0.05) is 0 Å². The van der Waals surface area contributed by atoms with Crippen molar-refractivity contribution < 1.29 is 57.0 Å². The van der Waals surface area contributed by atoms with Gasteiger partial charge in [0.25, 0.3) is 0 Å². The summed E-state index contributed by atoms with van der Waals surface area (Å²) in [6.45, 7) is 0. The molecule has 0 aliphatic rings. The summed E-state index contributed by atoms with van der Waals surface area (Å²) in [6, 6.07) is 0. The largest absolute Gasteiger partial charge is 1.00 e. The van der Waals surface area contributed by atoms with Crippen LogP contribution in [0.1, 0.15) is 0 Å². The van der Waals surface area contributed by atoms with Gasteiger partial charge in [-0.1, -0.05) is 0 Å². The average molecular weight is 118 g/mol. The molecule has 0 unspecified atom stereocenters. The van der Waals surface area contributed by atoms with E-state index in [-0.39, 0.29) is 42.0 Å². The maximum absolute atomic E-state index is 8.33. The maximum atomic E-state index is 8.33. The summed E-state index contributed by atoms with van der Waals surface area (Å²) in [7, 11) is 0. The minimum absolute atomic E-state index is 0. The van der Waals surface area contributed by atoms with Gasteiger partial charge in [-0.15, -0.1) is 0 Å². The Kier molecular flexibility index (Phi) is 24.3. The van der Waals surface area contributed by atoms with Gasteiger partial charge in [-0.05, 0) is 6.16 Å². The smallest absolute Gasteiger partial charge is 1.00 e. The standard InChI is InChI=1S/CH2O3.ClH.Na/c2-1(3)4;;/h(H2,2,3,4);1H;/q;;+1/p-3. The van der Waals surface area contributed by atoms with E-state index in [1.165, 1.54) is 0 Å². The van der Waals surface area contributed by atoms with Crippen LogP contribution in [0.2, 0.25) is 0 Å². The van der Waals surface area contributed by atoms with Crippen LogP contribution in [0.3, 0.4) is 0 Å². The summed E-state index contributed by atoms with van der Waals surface area (Å²) in [5.41, 5.74) is 0. The Morgan fingerprint density at radius 1 is 1.33 bits per heavy atom. The second kappa shape index (κ2) is 9.12. The number of carbonyl (C=O) groups excluding carboxylic acids is 1. The van der Waals surface area contributed by atoms with Crippen molar-refractivity contribution in [2.75, 3.05) is 0 Å². The first kappa shape index (κ1) is 16.0. The first-order valence-corrected chi connectivity index (χ1v) is 0.612. The topological polar surface area (TPSA) is 63.2 Å². The SMILES string of the molecule is O=C([O-])[O-].[Cl-].[Na+]. The molecule has 0 aromatic rings. The number of halogens is 1. The molecule has 5 heteroatoms. The van der Waals surface area contributed by atoms with Crippen molar-refractivity contribution in [2.45, 2.75) is 0 Å². The van der Waals surface area contributed by atoms with Gasteiger partial charge in [0.05, 0.1) is 0 Å². The first-order chi connectivity index (χ1) is 1.73. The van der Waals surface area contributed by atoms with Crippen LogP contribution < -0.4 is 52.2 Å². The summed E-state index contributed by atoms with van der Waals surface area (Å²) in [4.78, 5) is 8.33. The fourth-order valence-corrected chi connectivity index (χ4v) is 0. The van der Waals surface area contributed by atoms with Gasteiger partial charge < -0.3 is 27.4 Å². The number of carboxylic acid groups (broad SMARTS) is 2. The second-order valence-corrected chi connectivity index (χ2v) is 0.250. The van der Waals surface area contributed by atoms with Gasteiger partial charge in [0.1, 0.15) is 0 Å². The molecule has 32 valence electrons. The molecule has 6 heavy (non-hydrogen) atoms. The zero-order chi connectivity index (χ0) is 3.58. The normalized spacial score (nSPS) is 4.00. The predicted octanol–water partition coefficient (Wildman–Crippen LogP) is -8.44. The van der Waals surface area contributed by atoms with E-state index in [0.29, 0.717) is 0 Å². The van der Waals surface area contributed by atoms with Crippen molar-refractivity contribution in [3.8, 4) is 0 Å². The number of rotatable bonds is 0. The molecular formula is CClNaO3-2. The molecule has 0 spiro atoms. The van der Waals surface area contributed by atoms with Crippen LogP contribution in [0.15, 0.2) is 0 Å². The third-order valence-corrected chi connectivity index (χ3v) is 0. The Morgan fingerprint density at radius 3 is 1.33 bits per heavy atom. The molecule has 0 aliphatic heterocycles. The molecule has 0 atom stereocenters. The van der Waals surface area contributed by atoms with Gasteiger partial charge in [-0.2, -0.15) is 0 Å². The van der Waals surface area contributed by atoms with Crippen molar-refractivity contribution in [3.63, 3.8) is 0 Å². The molecule has 3 nitrogen and oxygen atoms in total. The van der Waals surface area contributed by atoms with Gasteiger partial charge in [0.2, 0.25) is 0 Å². The molecule has 0 aromatic heterocycles. The number of hydrogen-bond donors (Lipinski definition) is 0. The van der Waals surface area contributed by atoms with Crippen LogP contribution in [0.4, 0.5) is 4.79 Å². The van der Waals surface area contributed by atoms with Crippen molar-refractivity contribution >= 4 is 6.16 Å². The van der Waals surface area contributed by atoms with E-state index in [2.05, 4.69) is 0 Å². The van der Waals surface area contributed by atoms with Gasteiger partial charge >= 0.3 is 29.6 Å². The van der Waals surface area contributed by atoms with E-state index < -0.39 is 6.16 Å². The minimum atomic E-state index is -2.33. The predicted molar refractivity (Wildman–Crippen MR) is 5.40 cm³/mol. The summed E-state index contributed by atoms with van der Waals surface area (Å²) in [6.07, 6.45) is -2.33. The molecule has 0 aliphatic carbocycles. The van der Waals surface area contributed by atoms with E-state index in [0.717, 1.165) is 0 Å². The number of hydrogen-bond acceptors (Lipinski definition) is 3. The Hall–Kier alpha value is 0.560. The molecule has 0 bridgehead atoms. The molecule has 0 rings (SSSR count). The Labute approximate surface area is 63.1 Å². The molecule has 0 fully saturated rings. The molecule has 0 radical (unpaired) electrons. The molecule has 0 amide bonds. The third kappa shape index (κ3) is 184. The van der Waals surface area contributed by atoms with Crippen LogP contribution in [-0.4, -0.2) is 6.16 Å². The van der Waals surface area contributed by atoms with Gasteiger partial charge in [-0.3, -0.25) is 0 Å². The summed E-state index contributed by atoms with van der Waals surface area (Å²) in [5, 5.41) is 16.7. The summed E-state index contributed by atoms with van der Waals surface area (Å²) in [5.74, 6) is 0. The fraction of sp³-hybridized carbons (Fsp3) is 0. The average Bonchev–Trinajstić information content (AvgIpc) is 0.811. The Morgan fingerprint density at radius 2 is 1.33 bits per heavy atom. The monoisotopic (exact) mass is 118 g/mol. The van der Waals surface area contributed by atoms with E-state index >= 15 is 0 Å². The summed E-state index contributed by atoms with van der Waals surface area (Å²) < 4.78 is 0. The molecular weight excluding hydrogens is 118 g/mol. The summed E-state index contributed by atoms with van der Waals surface area (Å²) >= 11 is 0. The molecule has 0 heterocycles. The van der Waals surface area contributed by atoms with Crippen molar-refractivity contribution in [3.05, 3.63) is 0 Å². The van der Waals surface area contributed by atoms with E-state index in [4.69, 9.17) is 15.0 Å². The molecule has 0 aromatic carbocycles. The van der Waals surface area contributed by atoms with Crippen LogP contribution >= 0.6 is 0 Å². The van der Waals surface area contributed by atoms with E-state index in [1.807, 2.05) is 0 Å². The van der Waals surface area contributed by atoms with Crippen LogP contribution in [0, 0.1) is 0 Å². The number of carbonyl (C=O) groups is 1. The van der Waals surface area contributed by atoms with Crippen molar-refractivity contribution in [1.29, 1.82) is 0 Å². The quantitative estimate of drug-likeness (QED) is 0.297. The molecule has 0 saturated heterocycles. The zero-order valence-electron chi connectivity index (χ0n) is 3.10. The van der Waals surface area contributed by atoms with E-state index in [1.54, 1.807) is 0 Å². The second-order valence-electron chi connectivity index (χ2n) is 0.250. The maximum Gasteiger partial charge on any atom is 1.00 e. The van der Waals surface area contributed by atoms with Crippen molar-refractivity contribution in [2.24, 2.45) is 0 Å². The Bertz CT molecular complexity index is 33.8. The molecule has 0 N–H and O–H groups in total.